The third kappa shape index (κ3) is 2.58. The molecule has 0 bridgehead atoms. The number of pyridine rings is 1. The van der Waals surface area contributed by atoms with Crippen LogP contribution in [0.3, 0.4) is 0 Å². The molecule has 2 aliphatic rings. The molecule has 1 aliphatic heterocycles. The van der Waals surface area contributed by atoms with Crippen LogP contribution in [-0.4, -0.2) is 17.1 Å². The molecular formula is C24H30N2O. The van der Waals surface area contributed by atoms with E-state index < -0.39 is 0 Å². The van der Waals surface area contributed by atoms with E-state index in [1.165, 1.54) is 55.2 Å². The van der Waals surface area contributed by atoms with Crippen LogP contribution in [0.2, 0.25) is 0 Å². The van der Waals surface area contributed by atoms with Gasteiger partial charge in [-0.2, -0.15) is 0 Å². The van der Waals surface area contributed by atoms with E-state index in [1.807, 2.05) is 6.92 Å². The summed E-state index contributed by atoms with van der Waals surface area (Å²) in [4.78, 5) is 7.30. The molecule has 0 unspecified atom stereocenters. The maximum atomic E-state index is 6.37. The van der Waals surface area contributed by atoms with Crippen molar-refractivity contribution in [2.45, 2.75) is 71.8 Å². The van der Waals surface area contributed by atoms with Gasteiger partial charge < -0.3 is 9.32 Å². The average molecular weight is 363 g/mol. The fraction of sp³-hybridized carbons (Fsp3) is 0.542. The topological polar surface area (TPSA) is 29.3 Å². The maximum Gasteiger partial charge on any atom is 0.227 e. The van der Waals surface area contributed by atoms with Crippen molar-refractivity contribution in [2.75, 3.05) is 11.4 Å². The zero-order valence-corrected chi connectivity index (χ0v) is 17.1. The fourth-order valence-corrected chi connectivity index (χ4v) is 5.87. The Balaban J connectivity index is 1.69. The molecule has 3 heteroatoms. The predicted molar refractivity (Wildman–Crippen MR) is 113 cm³/mol. The molecule has 0 N–H and O–H groups in total. The molecule has 142 valence electrons. The van der Waals surface area contributed by atoms with Crippen molar-refractivity contribution in [1.82, 2.24) is 4.98 Å². The van der Waals surface area contributed by atoms with Gasteiger partial charge in [0.15, 0.2) is 5.58 Å². The summed E-state index contributed by atoms with van der Waals surface area (Å²) >= 11 is 0. The number of rotatable bonds is 1. The van der Waals surface area contributed by atoms with Gasteiger partial charge in [-0.25, -0.2) is 4.98 Å². The highest BCUT2D eigenvalue weighted by Crippen LogP contribution is 2.53. The third-order valence-corrected chi connectivity index (χ3v) is 7.04. The van der Waals surface area contributed by atoms with E-state index in [1.54, 1.807) is 0 Å². The second kappa shape index (κ2) is 5.73. The lowest BCUT2D eigenvalue weighted by Gasteiger charge is -2.34. The van der Waals surface area contributed by atoms with Crippen LogP contribution in [0.4, 0.5) is 5.69 Å². The van der Waals surface area contributed by atoms with Gasteiger partial charge in [-0.3, -0.25) is 0 Å². The molecule has 0 radical (unpaired) electrons. The zero-order valence-electron chi connectivity index (χ0n) is 17.1. The summed E-state index contributed by atoms with van der Waals surface area (Å²) in [5.41, 5.74) is 6.01. The second-order valence-electron chi connectivity index (χ2n) is 9.65. The Bertz CT molecular complexity index is 1020. The first-order valence-corrected chi connectivity index (χ1v) is 10.5. The molecular weight excluding hydrogens is 332 g/mol. The molecule has 5 rings (SSSR count). The van der Waals surface area contributed by atoms with E-state index in [9.17, 15) is 0 Å². The number of aryl methyl sites for hydroxylation is 2. The third-order valence-electron chi connectivity index (χ3n) is 7.04. The lowest BCUT2D eigenvalue weighted by Crippen LogP contribution is -2.38. The minimum atomic E-state index is 0.151. The molecule has 27 heavy (non-hydrogen) atoms. The van der Waals surface area contributed by atoms with E-state index in [0.717, 1.165) is 28.9 Å². The first-order chi connectivity index (χ1) is 12.9. The standard InChI is InChI=1S/C24H30N2O/c1-16-8-10-18-19-11-9-17(2)25-22(19)27-21(18)20(16)26-15-24(14-23(26,3)4)12-6-5-7-13-24/h8-11H,5-7,12-15H2,1-4H3. The molecule has 3 nitrogen and oxygen atoms in total. The van der Waals surface area contributed by atoms with E-state index in [2.05, 4.69) is 54.9 Å². The fourth-order valence-electron chi connectivity index (χ4n) is 5.87. The maximum absolute atomic E-state index is 6.37. The van der Waals surface area contributed by atoms with E-state index in [4.69, 9.17) is 4.42 Å². The molecule has 1 saturated heterocycles. The van der Waals surface area contributed by atoms with E-state index in [0.29, 0.717) is 5.41 Å². The average Bonchev–Trinajstić information content (AvgIpc) is 3.09. The Morgan fingerprint density at radius 2 is 1.70 bits per heavy atom. The van der Waals surface area contributed by atoms with Gasteiger partial charge in [0.25, 0.3) is 0 Å². The normalized spacial score (nSPS) is 21.6. The van der Waals surface area contributed by atoms with Crippen molar-refractivity contribution in [2.24, 2.45) is 5.41 Å². The van der Waals surface area contributed by atoms with Crippen LogP contribution >= 0.6 is 0 Å². The highest BCUT2D eigenvalue weighted by molar-refractivity contribution is 6.08. The Labute approximate surface area is 161 Å². The van der Waals surface area contributed by atoms with Crippen molar-refractivity contribution in [3.05, 3.63) is 35.5 Å². The number of fused-ring (bicyclic) bond motifs is 3. The van der Waals surface area contributed by atoms with E-state index in [-0.39, 0.29) is 5.54 Å². The van der Waals surface area contributed by atoms with Crippen LogP contribution in [0.1, 0.15) is 63.6 Å². The lowest BCUT2D eigenvalue weighted by molar-refractivity contribution is 0.204. The molecule has 0 amide bonds. The molecule has 1 saturated carbocycles. The molecule has 2 aromatic heterocycles. The number of hydrogen-bond acceptors (Lipinski definition) is 3. The van der Waals surface area contributed by atoms with Gasteiger partial charge in [0.05, 0.1) is 5.69 Å². The quantitative estimate of drug-likeness (QED) is 0.492. The van der Waals surface area contributed by atoms with Crippen LogP contribution in [0, 0.1) is 19.3 Å². The van der Waals surface area contributed by atoms with Gasteiger partial charge in [0.1, 0.15) is 0 Å². The number of benzene rings is 1. The molecule has 1 spiro atoms. The first-order valence-electron chi connectivity index (χ1n) is 10.5. The van der Waals surface area contributed by atoms with Crippen molar-refractivity contribution < 1.29 is 4.42 Å². The second-order valence-corrected chi connectivity index (χ2v) is 9.65. The van der Waals surface area contributed by atoms with Crippen LogP contribution in [0.15, 0.2) is 28.7 Å². The van der Waals surface area contributed by atoms with Crippen molar-refractivity contribution in [1.29, 1.82) is 0 Å². The molecule has 0 atom stereocenters. The Hall–Kier alpha value is -2.03. The number of furan rings is 1. The lowest BCUT2D eigenvalue weighted by atomic mass is 9.71. The summed E-state index contributed by atoms with van der Waals surface area (Å²) < 4.78 is 6.37. The highest BCUT2D eigenvalue weighted by atomic mass is 16.3. The molecule has 3 heterocycles. The largest absolute Gasteiger partial charge is 0.436 e. The van der Waals surface area contributed by atoms with Crippen LogP contribution in [0.5, 0.6) is 0 Å². The summed E-state index contributed by atoms with van der Waals surface area (Å²) in [7, 11) is 0. The Kier molecular flexibility index (Phi) is 3.63. The summed E-state index contributed by atoms with van der Waals surface area (Å²) in [6, 6.07) is 8.69. The van der Waals surface area contributed by atoms with Crippen LogP contribution in [-0.2, 0) is 0 Å². The number of anilines is 1. The van der Waals surface area contributed by atoms with Crippen molar-refractivity contribution >= 4 is 27.8 Å². The summed E-state index contributed by atoms with van der Waals surface area (Å²) in [6.07, 6.45) is 8.23. The first kappa shape index (κ1) is 17.1. The summed E-state index contributed by atoms with van der Waals surface area (Å²) in [5.74, 6) is 0. The van der Waals surface area contributed by atoms with Gasteiger partial charge in [-0.05, 0) is 70.1 Å². The molecule has 2 fully saturated rings. The van der Waals surface area contributed by atoms with Crippen molar-refractivity contribution in [3.63, 3.8) is 0 Å². The van der Waals surface area contributed by atoms with Gasteiger partial charge in [0, 0.05) is 28.6 Å². The molecule has 3 aromatic rings. The van der Waals surface area contributed by atoms with Gasteiger partial charge in [-0.15, -0.1) is 0 Å². The Morgan fingerprint density at radius 1 is 0.963 bits per heavy atom. The number of nitrogens with zero attached hydrogens (tertiary/aromatic N) is 2. The van der Waals surface area contributed by atoms with Gasteiger partial charge in [0.2, 0.25) is 5.71 Å². The van der Waals surface area contributed by atoms with Crippen molar-refractivity contribution in [3.8, 4) is 0 Å². The summed E-state index contributed by atoms with van der Waals surface area (Å²) in [5, 5.41) is 2.32. The van der Waals surface area contributed by atoms with Gasteiger partial charge >= 0.3 is 0 Å². The van der Waals surface area contributed by atoms with Crippen LogP contribution < -0.4 is 4.90 Å². The highest BCUT2D eigenvalue weighted by Gasteiger charge is 2.49. The zero-order chi connectivity index (χ0) is 18.8. The molecule has 1 aliphatic carbocycles. The predicted octanol–water partition coefficient (Wildman–Crippen LogP) is 6.54. The number of hydrogen-bond donors (Lipinski definition) is 0. The molecule has 1 aromatic carbocycles. The minimum absolute atomic E-state index is 0.151. The number of aromatic nitrogens is 1. The smallest absolute Gasteiger partial charge is 0.227 e. The SMILES string of the molecule is Cc1ccc2c(n1)oc1c(N3CC4(CCCCC4)CC3(C)C)c(C)ccc12. The van der Waals surface area contributed by atoms with Gasteiger partial charge in [-0.1, -0.05) is 31.4 Å². The Morgan fingerprint density at radius 3 is 2.48 bits per heavy atom. The summed E-state index contributed by atoms with van der Waals surface area (Å²) in [6.45, 7) is 10.2. The van der Waals surface area contributed by atoms with Crippen LogP contribution in [0.25, 0.3) is 22.1 Å². The van der Waals surface area contributed by atoms with E-state index >= 15 is 0 Å². The minimum Gasteiger partial charge on any atom is -0.436 e. The monoisotopic (exact) mass is 362 g/mol.